The van der Waals surface area contributed by atoms with Gasteiger partial charge in [0.05, 0.1) is 25.4 Å². The number of amides is 1. The molecular weight excluding hydrogens is 851 g/mol. The summed E-state index contributed by atoms with van der Waals surface area (Å²) in [6, 6.07) is -0.651. The molecule has 0 aromatic rings. The van der Waals surface area contributed by atoms with E-state index in [-0.39, 0.29) is 18.5 Å². The number of carbonyl (C=O) groups excluding carboxylic acids is 2. The second-order valence-electron chi connectivity index (χ2n) is 20.7. The van der Waals surface area contributed by atoms with Gasteiger partial charge < -0.3 is 20.3 Å². The van der Waals surface area contributed by atoms with Crippen LogP contribution in [-0.2, 0) is 14.3 Å². The standard InChI is InChI=1S/C63H117NO5/c1-3-5-7-9-11-13-15-17-19-21-23-24-25-26-28-31-35-39-43-47-51-55-61(66)60(59-65)64-62(67)56-52-48-44-40-36-32-30-34-38-42-46-50-54-58-69-63(68)57-53-49-45-41-37-33-29-27-22-20-18-16-14-12-10-8-6-4-2/h14,16,20,22,32,36,51,55,60-61,65-66H,3-13,15,17-19,21,23-31,33-35,37-50,52-54,56-59H2,1-2H3,(H,64,67)/b16-14-,22-20-,36-32-,55-51+. The van der Waals surface area contributed by atoms with Crippen molar-refractivity contribution in [2.45, 2.75) is 328 Å². The van der Waals surface area contributed by atoms with Gasteiger partial charge >= 0.3 is 5.97 Å². The topological polar surface area (TPSA) is 95.9 Å². The van der Waals surface area contributed by atoms with Crippen LogP contribution in [0.1, 0.15) is 316 Å². The Labute approximate surface area is 429 Å². The number of aliphatic hydroxyl groups excluding tert-OH is 2. The van der Waals surface area contributed by atoms with E-state index in [4.69, 9.17) is 4.74 Å². The number of esters is 1. The van der Waals surface area contributed by atoms with E-state index in [1.807, 2.05) is 6.08 Å². The Morgan fingerprint density at radius 1 is 0.406 bits per heavy atom. The highest BCUT2D eigenvalue weighted by Gasteiger charge is 2.18. The van der Waals surface area contributed by atoms with Crippen molar-refractivity contribution in [3.05, 3.63) is 48.6 Å². The second-order valence-corrected chi connectivity index (χ2v) is 20.7. The molecule has 0 rings (SSSR count). The number of carbonyl (C=O) groups is 2. The highest BCUT2D eigenvalue weighted by Crippen LogP contribution is 2.16. The molecular formula is C63H117NO5. The predicted molar refractivity (Wildman–Crippen MR) is 301 cm³/mol. The molecule has 6 nitrogen and oxygen atoms in total. The third-order valence-corrected chi connectivity index (χ3v) is 13.8. The van der Waals surface area contributed by atoms with Gasteiger partial charge in [-0.1, -0.05) is 262 Å². The van der Waals surface area contributed by atoms with Crippen molar-refractivity contribution in [3.63, 3.8) is 0 Å². The summed E-state index contributed by atoms with van der Waals surface area (Å²) in [6.45, 7) is 4.85. The van der Waals surface area contributed by atoms with Crippen LogP contribution in [-0.4, -0.2) is 47.4 Å². The first kappa shape index (κ1) is 66.8. The van der Waals surface area contributed by atoms with Crippen LogP contribution in [0.5, 0.6) is 0 Å². The third kappa shape index (κ3) is 55.0. The molecule has 2 atom stereocenters. The number of hydrogen-bond donors (Lipinski definition) is 3. The maximum absolute atomic E-state index is 12.5. The van der Waals surface area contributed by atoms with Crippen molar-refractivity contribution in [1.82, 2.24) is 5.32 Å². The number of hydrogen-bond acceptors (Lipinski definition) is 5. The Kier molecular flexibility index (Phi) is 56.5. The normalized spacial score (nSPS) is 12.9. The number of aliphatic hydroxyl groups is 2. The summed E-state index contributed by atoms with van der Waals surface area (Å²) in [7, 11) is 0. The molecule has 69 heavy (non-hydrogen) atoms. The van der Waals surface area contributed by atoms with Crippen LogP contribution in [0.3, 0.4) is 0 Å². The van der Waals surface area contributed by atoms with Gasteiger partial charge in [0.1, 0.15) is 0 Å². The van der Waals surface area contributed by atoms with Gasteiger partial charge in [-0.3, -0.25) is 9.59 Å². The predicted octanol–water partition coefficient (Wildman–Crippen LogP) is 19.0. The zero-order valence-electron chi connectivity index (χ0n) is 46.0. The number of rotatable bonds is 56. The summed E-state index contributed by atoms with van der Waals surface area (Å²) < 4.78 is 5.47. The lowest BCUT2D eigenvalue weighted by atomic mass is 10.0. The van der Waals surface area contributed by atoms with E-state index in [1.165, 1.54) is 212 Å². The Morgan fingerprint density at radius 3 is 1.14 bits per heavy atom. The maximum atomic E-state index is 12.5. The highest BCUT2D eigenvalue weighted by atomic mass is 16.5. The van der Waals surface area contributed by atoms with Gasteiger partial charge in [-0.2, -0.15) is 0 Å². The summed E-state index contributed by atoms with van der Waals surface area (Å²) in [5, 5.41) is 23.2. The molecule has 0 aromatic carbocycles. The summed E-state index contributed by atoms with van der Waals surface area (Å²) in [5.41, 5.74) is 0. The lowest BCUT2D eigenvalue weighted by molar-refractivity contribution is -0.143. The molecule has 0 spiro atoms. The molecule has 0 heterocycles. The zero-order chi connectivity index (χ0) is 50.0. The molecule has 3 N–H and O–H groups in total. The summed E-state index contributed by atoms with van der Waals surface area (Å²) in [4.78, 5) is 24.6. The van der Waals surface area contributed by atoms with Gasteiger partial charge in [-0.05, 0) is 89.9 Å². The smallest absolute Gasteiger partial charge is 0.305 e. The number of unbranched alkanes of at least 4 members (excludes halogenated alkanes) is 39. The van der Waals surface area contributed by atoms with Crippen LogP contribution >= 0.6 is 0 Å². The molecule has 0 aliphatic heterocycles. The van der Waals surface area contributed by atoms with Crippen molar-refractivity contribution in [3.8, 4) is 0 Å². The second kappa shape index (κ2) is 58.4. The number of nitrogens with one attached hydrogen (secondary N) is 1. The molecule has 0 radical (unpaired) electrons. The van der Waals surface area contributed by atoms with Crippen LogP contribution < -0.4 is 5.32 Å². The molecule has 0 aliphatic rings. The molecule has 0 fully saturated rings. The average Bonchev–Trinajstić information content (AvgIpc) is 3.35. The lowest BCUT2D eigenvalue weighted by Crippen LogP contribution is -2.45. The molecule has 6 heteroatoms. The molecule has 0 saturated heterocycles. The van der Waals surface area contributed by atoms with E-state index in [1.54, 1.807) is 6.08 Å². The van der Waals surface area contributed by atoms with Crippen molar-refractivity contribution in [2.75, 3.05) is 13.2 Å². The van der Waals surface area contributed by atoms with E-state index in [9.17, 15) is 19.8 Å². The van der Waals surface area contributed by atoms with E-state index < -0.39 is 12.1 Å². The molecule has 2 unspecified atom stereocenters. The van der Waals surface area contributed by atoms with E-state index in [2.05, 4.69) is 55.6 Å². The molecule has 1 amide bonds. The summed E-state index contributed by atoms with van der Waals surface area (Å²) in [6.07, 6.45) is 74.2. The van der Waals surface area contributed by atoms with Crippen molar-refractivity contribution >= 4 is 11.9 Å². The SMILES string of the molecule is CCCCCC/C=C\C/C=C\CCCCCCCCCC(=O)OCCCCCCCC/C=C\CCCCCC(=O)NC(CO)C(O)/C=C/CCCCCCCCCCCCCCCCCCCCC. The van der Waals surface area contributed by atoms with Crippen molar-refractivity contribution < 1.29 is 24.5 Å². The van der Waals surface area contributed by atoms with Crippen molar-refractivity contribution in [2.24, 2.45) is 0 Å². The third-order valence-electron chi connectivity index (χ3n) is 13.8. The van der Waals surface area contributed by atoms with Gasteiger partial charge in [0, 0.05) is 12.8 Å². The average molecular weight is 969 g/mol. The Hall–Kier alpha value is -2.18. The van der Waals surface area contributed by atoms with E-state index in [0.717, 1.165) is 77.0 Å². The van der Waals surface area contributed by atoms with Crippen LogP contribution in [0.4, 0.5) is 0 Å². The van der Waals surface area contributed by atoms with Gasteiger partial charge in [-0.25, -0.2) is 0 Å². The fourth-order valence-corrected chi connectivity index (χ4v) is 9.13. The van der Waals surface area contributed by atoms with Crippen LogP contribution in [0, 0.1) is 0 Å². The first-order valence-electron chi connectivity index (χ1n) is 30.4. The molecule has 0 bridgehead atoms. The molecule has 0 saturated carbocycles. The first-order chi connectivity index (χ1) is 34.0. The largest absolute Gasteiger partial charge is 0.466 e. The highest BCUT2D eigenvalue weighted by molar-refractivity contribution is 5.76. The minimum atomic E-state index is -0.864. The Balaban J connectivity index is 3.52. The quantitative estimate of drug-likeness (QED) is 0.0321. The summed E-state index contributed by atoms with van der Waals surface area (Å²) in [5.74, 6) is -0.118. The minimum absolute atomic E-state index is 0.0213. The van der Waals surface area contributed by atoms with Crippen LogP contribution in [0.15, 0.2) is 48.6 Å². The monoisotopic (exact) mass is 968 g/mol. The van der Waals surface area contributed by atoms with Gasteiger partial charge in [0.25, 0.3) is 0 Å². The Morgan fingerprint density at radius 2 is 0.725 bits per heavy atom. The maximum Gasteiger partial charge on any atom is 0.305 e. The fourth-order valence-electron chi connectivity index (χ4n) is 9.13. The van der Waals surface area contributed by atoms with Gasteiger partial charge in [-0.15, -0.1) is 0 Å². The van der Waals surface area contributed by atoms with Crippen LogP contribution in [0.2, 0.25) is 0 Å². The number of allylic oxidation sites excluding steroid dienone is 7. The molecule has 404 valence electrons. The minimum Gasteiger partial charge on any atom is -0.466 e. The van der Waals surface area contributed by atoms with Crippen molar-refractivity contribution in [1.29, 1.82) is 0 Å². The first-order valence-corrected chi connectivity index (χ1v) is 30.4. The molecule has 0 aliphatic carbocycles. The Bertz CT molecular complexity index is 1160. The van der Waals surface area contributed by atoms with Gasteiger partial charge in [0.2, 0.25) is 5.91 Å². The fraction of sp³-hybridized carbons (Fsp3) is 0.841. The zero-order valence-corrected chi connectivity index (χ0v) is 46.0. The van der Waals surface area contributed by atoms with Crippen LogP contribution in [0.25, 0.3) is 0 Å². The van der Waals surface area contributed by atoms with Gasteiger partial charge in [0.15, 0.2) is 0 Å². The number of ether oxygens (including phenoxy) is 1. The van der Waals surface area contributed by atoms with E-state index in [0.29, 0.717) is 19.4 Å². The summed E-state index contributed by atoms with van der Waals surface area (Å²) >= 11 is 0. The lowest BCUT2D eigenvalue weighted by Gasteiger charge is -2.19. The molecule has 0 aromatic heterocycles. The van der Waals surface area contributed by atoms with E-state index >= 15 is 0 Å².